The molecule has 0 unspecified atom stereocenters. The monoisotopic (exact) mass is 391 g/mol. The first-order valence-corrected chi connectivity index (χ1v) is 11.0. The molecule has 2 fully saturated rings. The van der Waals surface area contributed by atoms with Gasteiger partial charge in [-0.2, -0.15) is 4.98 Å². The highest BCUT2D eigenvalue weighted by atomic mass is 32.2. The van der Waals surface area contributed by atoms with E-state index in [1.54, 1.807) is 10.5 Å². The Balaban J connectivity index is 1.39. The van der Waals surface area contributed by atoms with Crippen molar-refractivity contribution in [3.63, 3.8) is 0 Å². The fourth-order valence-corrected chi connectivity index (χ4v) is 5.14. The van der Waals surface area contributed by atoms with Crippen molar-refractivity contribution in [2.45, 2.75) is 56.7 Å². The van der Waals surface area contributed by atoms with E-state index in [-0.39, 0.29) is 17.2 Å². The molecule has 3 heterocycles. The van der Waals surface area contributed by atoms with E-state index in [0.29, 0.717) is 24.8 Å². The van der Waals surface area contributed by atoms with Crippen molar-refractivity contribution >= 4 is 15.8 Å². The predicted octanol–water partition coefficient (Wildman–Crippen LogP) is 2.62. The molecule has 27 heavy (non-hydrogen) atoms. The Morgan fingerprint density at radius 2 is 1.96 bits per heavy atom. The van der Waals surface area contributed by atoms with Crippen LogP contribution in [0, 0.1) is 0 Å². The highest BCUT2D eigenvalue weighted by Gasteiger charge is 2.41. The molecule has 4 rings (SSSR count). The quantitative estimate of drug-likeness (QED) is 0.807. The van der Waals surface area contributed by atoms with Crippen LogP contribution in [-0.4, -0.2) is 52.2 Å². The van der Waals surface area contributed by atoms with Crippen molar-refractivity contribution in [1.29, 1.82) is 0 Å². The molecule has 1 saturated carbocycles. The molecule has 2 aliphatic rings. The minimum Gasteiger partial charge on any atom is -0.367 e. The molecule has 0 spiro atoms. The molecule has 1 aliphatic carbocycles. The number of hydrogen-bond donors (Lipinski definition) is 1. The topological polar surface area (TPSA) is 101 Å². The standard InChI is InChI=1S/C18H25N5O3S/c1-12(2)17-21-18(26-22-17)13-5-8-19-16(11-13)20-14-6-9-23(10-7-14)27(24,25)15-3-4-15/h5,8,11-12,14-15H,3-4,6-7,9-10H2,1-2H3,(H,19,20). The van der Waals surface area contributed by atoms with Gasteiger partial charge in [0.1, 0.15) is 5.82 Å². The Morgan fingerprint density at radius 1 is 1.22 bits per heavy atom. The van der Waals surface area contributed by atoms with Crippen LogP contribution < -0.4 is 5.32 Å². The minimum absolute atomic E-state index is 0.134. The van der Waals surface area contributed by atoms with Crippen LogP contribution in [0.4, 0.5) is 5.82 Å². The van der Waals surface area contributed by atoms with Gasteiger partial charge in [-0.25, -0.2) is 17.7 Å². The number of nitrogens with zero attached hydrogens (tertiary/aromatic N) is 4. The number of piperidine rings is 1. The zero-order valence-corrected chi connectivity index (χ0v) is 16.4. The number of hydrogen-bond acceptors (Lipinski definition) is 7. The van der Waals surface area contributed by atoms with Crippen molar-refractivity contribution in [1.82, 2.24) is 19.4 Å². The van der Waals surface area contributed by atoms with Crippen LogP contribution in [0.3, 0.4) is 0 Å². The third-order valence-corrected chi connectivity index (χ3v) is 7.48. The third kappa shape index (κ3) is 3.98. The van der Waals surface area contributed by atoms with Gasteiger partial charge in [-0.05, 0) is 37.8 Å². The molecule has 9 heteroatoms. The SMILES string of the molecule is CC(C)c1noc(-c2ccnc(NC3CCN(S(=O)(=O)C4CC4)CC3)c2)n1. The van der Waals surface area contributed by atoms with Gasteiger partial charge in [0.25, 0.3) is 5.89 Å². The number of anilines is 1. The maximum Gasteiger partial charge on any atom is 0.258 e. The Labute approximate surface area is 159 Å². The minimum atomic E-state index is -3.07. The summed E-state index contributed by atoms with van der Waals surface area (Å²) in [5.41, 5.74) is 0.820. The molecule has 1 saturated heterocycles. The first-order valence-electron chi connectivity index (χ1n) is 9.49. The van der Waals surface area contributed by atoms with Gasteiger partial charge in [0.05, 0.1) is 5.25 Å². The van der Waals surface area contributed by atoms with E-state index in [1.165, 1.54) is 0 Å². The van der Waals surface area contributed by atoms with Crippen LogP contribution in [-0.2, 0) is 10.0 Å². The van der Waals surface area contributed by atoms with E-state index in [1.807, 2.05) is 26.0 Å². The van der Waals surface area contributed by atoms with Crippen LogP contribution in [0.1, 0.15) is 51.3 Å². The first-order chi connectivity index (χ1) is 12.9. The molecule has 2 aromatic rings. The van der Waals surface area contributed by atoms with Crippen molar-refractivity contribution in [3.05, 3.63) is 24.2 Å². The number of aromatic nitrogens is 3. The fraction of sp³-hybridized carbons (Fsp3) is 0.611. The second-order valence-corrected chi connectivity index (χ2v) is 9.82. The molecular formula is C18H25N5O3S. The molecule has 0 atom stereocenters. The van der Waals surface area contributed by atoms with Crippen LogP contribution in [0.15, 0.2) is 22.9 Å². The lowest BCUT2D eigenvalue weighted by Gasteiger charge is -2.32. The molecule has 0 radical (unpaired) electrons. The number of sulfonamides is 1. The van der Waals surface area contributed by atoms with E-state index in [9.17, 15) is 8.42 Å². The molecule has 2 aromatic heterocycles. The summed E-state index contributed by atoms with van der Waals surface area (Å²) in [6, 6.07) is 3.94. The van der Waals surface area contributed by atoms with Crippen LogP contribution >= 0.6 is 0 Å². The average molecular weight is 391 g/mol. The van der Waals surface area contributed by atoms with Crippen LogP contribution in [0.25, 0.3) is 11.5 Å². The van der Waals surface area contributed by atoms with Crippen LogP contribution in [0.5, 0.6) is 0 Å². The summed E-state index contributed by atoms with van der Waals surface area (Å²) in [5, 5.41) is 7.28. The number of rotatable bonds is 6. The van der Waals surface area contributed by atoms with Gasteiger partial charge < -0.3 is 9.84 Å². The fourth-order valence-electron chi connectivity index (χ4n) is 3.27. The summed E-state index contributed by atoms with van der Waals surface area (Å²) in [5.74, 6) is 2.11. The molecule has 1 aliphatic heterocycles. The predicted molar refractivity (Wildman–Crippen MR) is 102 cm³/mol. The molecule has 0 aromatic carbocycles. The van der Waals surface area contributed by atoms with Crippen LogP contribution in [0.2, 0.25) is 0 Å². The van der Waals surface area contributed by atoms with E-state index in [4.69, 9.17) is 4.52 Å². The van der Waals surface area contributed by atoms with Crippen molar-refractivity contribution < 1.29 is 12.9 Å². The van der Waals surface area contributed by atoms with E-state index < -0.39 is 10.0 Å². The molecule has 1 N–H and O–H groups in total. The summed E-state index contributed by atoms with van der Waals surface area (Å²) in [6.07, 6.45) is 4.88. The molecule has 0 bridgehead atoms. The molecule has 0 amide bonds. The highest BCUT2D eigenvalue weighted by molar-refractivity contribution is 7.90. The lowest BCUT2D eigenvalue weighted by Crippen LogP contribution is -2.43. The van der Waals surface area contributed by atoms with Gasteiger partial charge in [-0.1, -0.05) is 19.0 Å². The summed E-state index contributed by atoms with van der Waals surface area (Å²) in [6.45, 7) is 5.17. The Hall–Kier alpha value is -2.00. The Morgan fingerprint density at radius 3 is 2.59 bits per heavy atom. The van der Waals surface area contributed by atoms with E-state index in [0.717, 1.165) is 37.1 Å². The highest BCUT2D eigenvalue weighted by Crippen LogP contribution is 2.32. The Kier molecular flexibility index (Phi) is 4.90. The van der Waals surface area contributed by atoms with Gasteiger partial charge in [0.2, 0.25) is 10.0 Å². The Bertz CT molecular complexity index is 899. The molecule has 146 valence electrons. The second-order valence-electron chi connectivity index (χ2n) is 7.60. The van der Waals surface area contributed by atoms with Crippen molar-refractivity contribution in [2.24, 2.45) is 0 Å². The summed E-state index contributed by atoms with van der Waals surface area (Å²) in [4.78, 5) is 8.79. The van der Waals surface area contributed by atoms with Crippen molar-refractivity contribution in [3.8, 4) is 11.5 Å². The van der Waals surface area contributed by atoms with Gasteiger partial charge in [0.15, 0.2) is 5.82 Å². The van der Waals surface area contributed by atoms with Gasteiger partial charge in [-0.3, -0.25) is 0 Å². The van der Waals surface area contributed by atoms with Gasteiger partial charge >= 0.3 is 0 Å². The van der Waals surface area contributed by atoms with Gasteiger partial charge in [0, 0.05) is 36.8 Å². The maximum atomic E-state index is 12.3. The lowest BCUT2D eigenvalue weighted by molar-refractivity contribution is 0.329. The smallest absolute Gasteiger partial charge is 0.258 e. The number of pyridine rings is 1. The zero-order valence-electron chi connectivity index (χ0n) is 15.6. The summed E-state index contributed by atoms with van der Waals surface area (Å²) in [7, 11) is -3.07. The second kappa shape index (κ2) is 7.20. The maximum absolute atomic E-state index is 12.3. The molecular weight excluding hydrogens is 366 g/mol. The van der Waals surface area contributed by atoms with E-state index >= 15 is 0 Å². The third-order valence-electron chi connectivity index (χ3n) is 5.08. The zero-order chi connectivity index (χ0) is 19.0. The van der Waals surface area contributed by atoms with Gasteiger partial charge in [-0.15, -0.1) is 0 Å². The molecule has 8 nitrogen and oxygen atoms in total. The summed E-state index contributed by atoms with van der Waals surface area (Å²) < 4.78 is 31.7. The average Bonchev–Trinajstić information content (AvgIpc) is 3.40. The van der Waals surface area contributed by atoms with Crippen molar-refractivity contribution in [2.75, 3.05) is 18.4 Å². The lowest BCUT2D eigenvalue weighted by atomic mass is 10.1. The van der Waals surface area contributed by atoms with E-state index in [2.05, 4.69) is 20.4 Å². The largest absolute Gasteiger partial charge is 0.367 e. The normalized spacial score (nSPS) is 19.5. The first kappa shape index (κ1) is 18.4. The number of nitrogens with one attached hydrogen (secondary N) is 1. The summed E-state index contributed by atoms with van der Waals surface area (Å²) >= 11 is 0.